The lowest BCUT2D eigenvalue weighted by atomic mass is 9.91. The molecule has 1 heterocycles. The molecule has 0 atom stereocenters. The number of halogens is 1. The van der Waals surface area contributed by atoms with Crippen molar-refractivity contribution in [1.82, 2.24) is 9.78 Å². The summed E-state index contributed by atoms with van der Waals surface area (Å²) in [5, 5.41) is 5.13. The number of ketones is 1. The van der Waals surface area contributed by atoms with Crippen LogP contribution >= 0.6 is 11.6 Å². The molecule has 0 aliphatic rings. The van der Waals surface area contributed by atoms with Gasteiger partial charge in [-0.05, 0) is 75.8 Å². The Morgan fingerprint density at radius 2 is 1.77 bits per heavy atom. The zero-order valence-electron chi connectivity index (χ0n) is 19.9. The largest absolute Gasteiger partial charge is 0.407 e. The first-order valence-electron chi connectivity index (χ1n) is 10.8. The Kier molecular flexibility index (Phi) is 8.24. The van der Waals surface area contributed by atoms with Crippen LogP contribution in [0.15, 0.2) is 17.7 Å². The number of allylic oxidation sites excluding steroid dienone is 2. The summed E-state index contributed by atoms with van der Waals surface area (Å²) in [6, 6.07) is 3.48. The van der Waals surface area contributed by atoms with E-state index in [0.29, 0.717) is 34.8 Å². The third kappa shape index (κ3) is 5.45. The zero-order valence-corrected chi connectivity index (χ0v) is 20.6. The maximum absolute atomic E-state index is 13.7. The van der Waals surface area contributed by atoms with Gasteiger partial charge >= 0.3 is 5.97 Å². The first kappa shape index (κ1) is 24.9. The van der Waals surface area contributed by atoms with E-state index < -0.39 is 0 Å². The minimum absolute atomic E-state index is 0.219. The molecule has 31 heavy (non-hydrogen) atoms. The van der Waals surface area contributed by atoms with Gasteiger partial charge in [0.15, 0.2) is 0 Å². The fourth-order valence-electron chi connectivity index (χ4n) is 3.53. The predicted molar refractivity (Wildman–Crippen MR) is 126 cm³/mol. The normalized spacial score (nSPS) is 11.0. The average molecular weight is 445 g/mol. The van der Waals surface area contributed by atoms with Crippen LogP contribution in [0.3, 0.4) is 0 Å². The number of aryl methyl sites for hydroxylation is 1. The lowest BCUT2D eigenvalue weighted by Gasteiger charge is -2.15. The lowest BCUT2D eigenvalue weighted by molar-refractivity contribution is -0.134. The van der Waals surface area contributed by atoms with Gasteiger partial charge in [-0.2, -0.15) is 5.10 Å². The summed E-state index contributed by atoms with van der Waals surface area (Å²) in [6.07, 6.45) is 0.949. The molecular weight excluding hydrogens is 412 g/mol. The molecule has 0 radical (unpaired) electrons. The number of nitrogens with zero attached hydrogens (tertiary/aromatic N) is 2. The van der Waals surface area contributed by atoms with Crippen LogP contribution in [-0.2, 0) is 11.3 Å². The number of rotatable bonds is 8. The number of hydrogen-bond acceptors (Lipinski definition) is 4. The standard InChI is InChI=1S/C25H33ClN2O3/c1-9-10-21(29)31-25-23(18(8)27-28(25)13-14(2)3)24(30)19-11-12-20(26)22(17(19)7)16(6)15(4)5/h11-12,14H,9-10,13H2,1-8H3. The van der Waals surface area contributed by atoms with Crippen LogP contribution in [0.5, 0.6) is 5.88 Å². The molecule has 0 N–H and O–H groups in total. The third-order valence-corrected chi connectivity index (χ3v) is 5.61. The molecule has 1 aromatic heterocycles. The van der Waals surface area contributed by atoms with Crippen molar-refractivity contribution in [1.29, 1.82) is 0 Å². The molecule has 0 unspecified atom stereocenters. The Balaban J connectivity index is 2.67. The topological polar surface area (TPSA) is 61.2 Å². The molecule has 1 aromatic carbocycles. The van der Waals surface area contributed by atoms with Gasteiger partial charge in [-0.3, -0.25) is 9.59 Å². The Morgan fingerprint density at radius 3 is 2.32 bits per heavy atom. The first-order chi connectivity index (χ1) is 14.5. The molecule has 0 saturated heterocycles. The van der Waals surface area contributed by atoms with Crippen molar-refractivity contribution in [2.24, 2.45) is 5.92 Å². The van der Waals surface area contributed by atoms with Gasteiger partial charge in [0.05, 0.1) is 5.69 Å². The van der Waals surface area contributed by atoms with Crippen LogP contribution in [-0.4, -0.2) is 21.5 Å². The number of carbonyl (C=O) groups is 2. The van der Waals surface area contributed by atoms with E-state index in [4.69, 9.17) is 16.3 Å². The third-order valence-electron chi connectivity index (χ3n) is 5.29. The molecule has 6 heteroatoms. The van der Waals surface area contributed by atoms with E-state index in [9.17, 15) is 9.59 Å². The van der Waals surface area contributed by atoms with Gasteiger partial charge in [0.25, 0.3) is 0 Å². The van der Waals surface area contributed by atoms with Crippen molar-refractivity contribution in [2.45, 2.75) is 74.8 Å². The van der Waals surface area contributed by atoms with E-state index in [1.807, 2.05) is 48.5 Å². The molecule has 168 valence electrons. The molecule has 0 aliphatic carbocycles. The van der Waals surface area contributed by atoms with E-state index in [1.165, 1.54) is 0 Å². The monoisotopic (exact) mass is 444 g/mol. The van der Waals surface area contributed by atoms with Crippen molar-refractivity contribution in [3.8, 4) is 5.88 Å². The van der Waals surface area contributed by atoms with E-state index in [-0.39, 0.29) is 30.0 Å². The van der Waals surface area contributed by atoms with E-state index in [0.717, 1.165) is 22.3 Å². The van der Waals surface area contributed by atoms with Crippen molar-refractivity contribution < 1.29 is 14.3 Å². The Hall–Kier alpha value is -2.40. The van der Waals surface area contributed by atoms with Crippen molar-refractivity contribution in [3.05, 3.63) is 50.7 Å². The fourth-order valence-corrected chi connectivity index (χ4v) is 3.87. The molecule has 0 aliphatic heterocycles. The van der Waals surface area contributed by atoms with Crippen LogP contribution < -0.4 is 4.74 Å². The highest BCUT2D eigenvalue weighted by atomic mass is 35.5. The van der Waals surface area contributed by atoms with Gasteiger partial charge in [-0.15, -0.1) is 0 Å². The van der Waals surface area contributed by atoms with Crippen molar-refractivity contribution in [3.63, 3.8) is 0 Å². The summed E-state index contributed by atoms with van der Waals surface area (Å²) in [7, 11) is 0. The maximum Gasteiger partial charge on any atom is 0.312 e. The summed E-state index contributed by atoms with van der Waals surface area (Å²) >= 11 is 6.49. The Labute approximate surface area is 190 Å². The Bertz CT molecular complexity index is 1030. The summed E-state index contributed by atoms with van der Waals surface area (Å²) in [6.45, 7) is 16.3. The molecule has 0 saturated carbocycles. The molecule has 0 amide bonds. The summed E-state index contributed by atoms with van der Waals surface area (Å²) in [5.74, 6) is -0.0845. The molecule has 2 rings (SSSR count). The highest BCUT2D eigenvalue weighted by molar-refractivity contribution is 6.33. The Morgan fingerprint density at radius 1 is 1.13 bits per heavy atom. The van der Waals surface area contributed by atoms with Gasteiger partial charge in [0, 0.05) is 23.6 Å². The number of aromatic nitrogens is 2. The minimum atomic E-state index is -0.365. The number of carbonyl (C=O) groups excluding carboxylic acids is 2. The molecular formula is C25H33ClN2O3. The van der Waals surface area contributed by atoms with Crippen LogP contribution in [0.25, 0.3) is 5.57 Å². The summed E-state index contributed by atoms with van der Waals surface area (Å²) in [5.41, 5.74) is 5.24. The molecule has 0 spiro atoms. The van der Waals surface area contributed by atoms with Crippen LogP contribution in [0, 0.1) is 19.8 Å². The number of hydrogen-bond donors (Lipinski definition) is 0. The molecule has 0 bridgehead atoms. The van der Waals surface area contributed by atoms with Gasteiger partial charge in [0.2, 0.25) is 11.7 Å². The van der Waals surface area contributed by atoms with E-state index >= 15 is 0 Å². The smallest absolute Gasteiger partial charge is 0.312 e. The van der Waals surface area contributed by atoms with Crippen LogP contribution in [0.4, 0.5) is 0 Å². The average Bonchev–Trinajstić information content (AvgIpc) is 2.95. The number of esters is 1. The summed E-state index contributed by atoms with van der Waals surface area (Å²) in [4.78, 5) is 26.0. The van der Waals surface area contributed by atoms with Crippen LogP contribution in [0.2, 0.25) is 5.02 Å². The van der Waals surface area contributed by atoms with Gasteiger partial charge in [-0.25, -0.2) is 4.68 Å². The molecule has 5 nitrogen and oxygen atoms in total. The zero-order chi connectivity index (χ0) is 23.5. The first-order valence-corrected chi connectivity index (χ1v) is 11.1. The highest BCUT2D eigenvalue weighted by Gasteiger charge is 2.28. The maximum atomic E-state index is 13.7. The predicted octanol–water partition coefficient (Wildman–Crippen LogP) is 6.56. The number of benzene rings is 1. The van der Waals surface area contributed by atoms with Crippen molar-refractivity contribution >= 4 is 28.9 Å². The quantitative estimate of drug-likeness (QED) is 0.341. The second kappa shape index (κ2) is 10.3. The van der Waals surface area contributed by atoms with Gasteiger partial charge in [0.1, 0.15) is 5.56 Å². The van der Waals surface area contributed by atoms with Crippen molar-refractivity contribution in [2.75, 3.05) is 0 Å². The molecule has 2 aromatic rings. The fraction of sp³-hybridized carbons (Fsp3) is 0.480. The molecule has 0 fully saturated rings. The van der Waals surface area contributed by atoms with Gasteiger partial charge < -0.3 is 4.74 Å². The van der Waals surface area contributed by atoms with Crippen LogP contribution in [0.1, 0.15) is 87.1 Å². The van der Waals surface area contributed by atoms with E-state index in [1.54, 1.807) is 23.7 Å². The second-order valence-electron chi connectivity index (χ2n) is 8.61. The lowest BCUT2D eigenvalue weighted by Crippen LogP contribution is -2.16. The highest BCUT2D eigenvalue weighted by Crippen LogP contribution is 2.34. The summed E-state index contributed by atoms with van der Waals surface area (Å²) < 4.78 is 7.30. The SMILES string of the molecule is CCCC(=O)Oc1c(C(=O)c2ccc(Cl)c(C(C)=C(C)C)c2C)c(C)nn1CC(C)C. The number of ether oxygens (including phenoxy) is 1. The van der Waals surface area contributed by atoms with E-state index in [2.05, 4.69) is 5.10 Å². The van der Waals surface area contributed by atoms with Gasteiger partial charge in [-0.1, -0.05) is 37.9 Å². The minimum Gasteiger partial charge on any atom is -0.407 e. The second-order valence-corrected chi connectivity index (χ2v) is 9.02.